The van der Waals surface area contributed by atoms with Crippen molar-refractivity contribution in [3.8, 4) is 0 Å². The number of rotatable bonds is 2. The molecule has 1 rings (SSSR count). The maximum atomic E-state index is 8.89. The molecule has 1 aliphatic heterocycles. The van der Waals surface area contributed by atoms with Crippen molar-refractivity contribution in [3.63, 3.8) is 0 Å². The summed E-state index contributed by atoms with van der Waals surface area (Å²) in [7, 11) is -14.7. The molecular weight excluding hydrogens is 303 g/mol. The lowest BCUT2D eigenvalue weighted by molar-refractivity contribution is -0.0130. The van der Waals surface area contributed by atoms with Crippen molar-refractivity contribution in [1.82, 2.24) is 0 Å². The highest BCUT2D eigenvalue weighted by Gasteiger charge is 2.65. The summed E-state index contributed by atoms with van der Waals surface area (Å²) < 4.78 is 16.2. The van der Waals surface area contributed by atoms with E-state index in [9.17, 15) is 0 Å². The summed E-state index contributed by atoms with van der Waals surface area (Å²) in [6, 6.07) is 0. The Hall–Kier alpha value is 0.703. The Morgan fingerprint density at radius 3 is 1.62 bits per heavy atom. The molecule has 0 radical (unpaired) electrons. The Bertz CT molecular complexity index is 212. The van der Waals surface area contributed by atoms with Gasteiger partial charge in [-0.1, -0.05) is 0 Å². The molecule has 0 aliphatic carbocycles. The van der Waals surface area contributed by atoms with Crippen LogP contribution in [0.4, 0.5) is 0 Å². The van der Waals surface area contributed by atoms with Crippen molar-refractivity contribution in [2.75, 3.05) is 0 Å². The van der Waals surface area contributed by atoms with Crippen LogP contribution in [-0.2, 0) is 14.5 Å². The Morgan fingerprint density at radius 1 is 0.938 bits per heavy atom. The minimum atomic E-state index is -5.01. The summed E-state index contributed by atoms with van der Waals surface area (Å²) in [6.45, 7) is 0. The lowest BCUT2D eigenvalue weighted by Crippen LogP contribution is -2.68. The van der Waals surface area contributed by atoms with Gasteiger partial charge in [-0.05, 0) is 0 Å². The number of hydrogen-bond acceptors (Lipinski definition) is 11. The van der Waals surface area contributed by atoms with E-state index in [1.54, 1.807) is 0 Å². The zero-order chi connectivity index (χ0) is 11.9. The minimum absolute atomic E-state index is 0. The van der Waals surface area contributed by atoms with Crippen LogP contribution in [0.15, 0.2) is 0 Å². The monoisotopic (exact) mass is 312 g/mol. The molecule has 0 unspecified atom stereocenters. The molecule has 16 heteroatoms. The quantitative estimate of drug-likeness (QED) is 0.238. The normalized spacial score (nSPS) is 23.8. The predicted molar refractivity (Wildman–Crippen MR) is 46.5 cm³/mol. The summed E-state index contributed by atoms with van der Waals surface area (Å²) in [6.07, 6.45) is 0. The van der Waals surface area contributed by atoms with Crippen LogP contribution in [0.3, 0.4) is 0 Å². The first-order chi connectivity index (χ1) is 6.49. The Kier molecular flexibility index (Phi) is 5.36. The fourth-order valence-electron chi connectivity index (χ4n) is 0.673. The SMILES string of the molecule is O.O[Si](O)(O)[O][Al]1[O][Si](O)(O)O[Si](O)(O)[O]1. The summed E-state index contributed by atoms with van der Waals surface area (Å²) in [4.78, 5) is 61.0. The first-order valence-electron chi connectivity index (χ1n) is 3.29. The van der Waals surface area contributed by atoms with Crippen LogP contribution in [0, 0.1) is 0 Å². The third-order valence-corrected chi connectivity index (χ3v) is 9.18. The van der Waals surface area contributed by atoms with E-state index < -0.39 is 42.3 Å². The predicted octanol–water partition coefficient (Wildman–Crippen LogP) is -6.52. The molecule has 96 valence electrons. The lowest BCUT2D eigenvalue weighted by atomic mass is 15.5. The Morgan fingerprint density at radius 2 is 1.31 bits per heavy atom. The molecule has 1 aliphatic rings. The van der Waals surface area contributed by atoms with Gasteiger partial charge < -0.3 is 53.6 Å². The van der Waals surface area contributed by atoms with E-state index >= 15 is 0 Å². The van der Waals surface area contributed by atoms with Gasteiger partial charge in [0.15, 0.2) is 0 Å². The average Bonchev–Trinajstić information content (AvgIpc) is 1.70. The molecule has 12 nitrogen and oxygen atoms in total. The summed E-state index contributed by atoms with van der Waals surface area (Å²) in [5.74, 6) is 0. The Balaban J connectivity index is 0.00000225. The molecule has 0 bridgehead atoms. The third kappa shape index (κ3) is 5.86. The van der Waals surface area contributed by atoms with Gasteiger partial charge in [0.25, 0.3) is 0 Å². The van der Waals surface area contributed by atoms with E-state index in [1.165, 1.54) is 0 Å². The maximum absolute atomic E-state index is 8.89. The lowest BCUT2D eigenvalue weighted by Gasteiger charge is -2.33. The molecular formula is H9AlO12Si3. The standard InChI is InChI=1S/Al.H4O7Si2.H3O4Si.H2O/c;1-8(2,3)7-9(4,5)6;1-5(2,3)4;/h;1-2,4-5H;1-3H;1H2/q+3;-2;-1;. The van der Waals surface area contributed by atoms with Crippen molar-refractivity contribution >= 4 is 42.3 Å². The second kappa shape index (κ2) is 5.14. The van der Waals surface area contributed by atoms with E-state index in [4.69, 9.17) is 33.6 Å². The fourth-order valence-corrected chi connectivity index (χ4v) is 8.22. The molecule has 1 fully saturated rings. The van der Waals surface area contributed by atoms with Crippen molar-refractivity contribution in [1.29, 1.82) is 0 Å². The highest BCUT2D eigenvalue weighted by molar-refractivity contribution is 6.78. The molecule has 0 aromatic carbocycles. The van der Waals surface area contributed by atoms with Crippen LogP contribution in [0.25, 0.3) is 0 Å². The second-order valence-corrected chi connectivity index (χ2v) is 9.98. The average molecular weight is 312 g/mol. The molecule has 0 saturated carbocycles. The van der Waals surface area contributed by atoms with Gasteiger partial charge in [0.1, 0.15) is 0 Å². The van der Waals surface area contributed by atoms with Crippen molar-refractivity contribution in [2.24, 2.45) is 0 Å². The zero-order valence-electron chi connectivity index (χ0n) is 7.34. The molecule has 0 aromatic rings. The smallest absolute Gasteiger partial charge is 0.435 e. The van der Waals surface area contributed by atoms with E-state index in [2.05, 4.69) is 14.5 Å². The van der Waals surface area contributed by atoms with Crippen molar-refractivity contribution in [3.05, 3.63) is 0 Å². The van der Waals surface area contributed by atoms with Gasteiger partial charge in [-0.15, -0.1) is 0 Å². The molecule has 16 heavy (non-hydrogen) atoms. The third-order valence-electron chi connectivity index (χ3n) is 1.02. The van der Waals surface area contributed by atoms with Crippen LogP contribution < -0.4 is 0 Å². The van der Waals surface area contributed by atoms with Crippen LogP contribution in [-0.4, -0.2) is 81.3 Å². The van der Waals surface area contributed by atoms with E-state index in [-0.39, 0.29) is 5.48 Å². The molecule has 1 saturated heterocycles. The summed E-state index contributed by atoms with van der Waals surface area (Å²) >= 11 is -3.69. The first kappa shape index (κ1) is 16.7. The zero-order valence-corrected chi connectivity index (χ0v) is 11.5. The van der Waals surface area contributed by atoms with Gasteiger partial charge in [-0.2, -0.15) is 0 Å². The highest BCUT2D eigenvalue weighted by Crippen LogP contribution is 2.18. The van der Waals surface area contributed by atoms with Gasteiger partial charge in [-0.25, -0.2) is 0 Å². The summed E-state index contributed by atoms with van der Waals surface area (Å²) in [5, 5.41) is 0. The molecule has 0 aromatic heterocycles. The number of hydrogen-bond donors (Lipinski definition) is 7. The minimum Gasteiger partial charge on any atom is -0.435 e. The van der Waals surface area contributed by atoms with Crippen LogP contribution in [0.5, 0.6) is 0 Å². The molecule has 0 amide bonds. The highest BCUT2D eigenvalue weighted by atomic mass is 28.5. The van der Waals surface area contributed by atoms with E-state index in [1.807, 2.05) is 0 Å². The van der Waals surface area contributed by atoms with Gasteiger partial charge in [-0.3, -0.25) is 0 Å². The van der Waals surface area contributed by atoms with Crippen molar-refractivity contribution < 1.29 is 53.6 Å². The maximum Gasteiger partial charge on any atom is 0.886 e. The topological polar surface area (TPSA) is 210 Å². The van der Waals surface area contributed by atoms with Gasteiger partial charge in [0, 0.05) is 0 Å². The molecule has 1 heterocycles. The molecule has 0 spiro atoms. The second-order valence-electron chi connectivity index (χ2n) is 2.42. The van der Waals surface area contributed by atoms with Gasteiger partial charge in [0.05, 0.1) is 0 Å². The largest absolute Gasteiger partial charge is 0.886 e. The van der Waals surface area contributed by atoms with Crippen LogP contribution >= 0.6 is 0 Å². The summed E-state index contributed by atoms with van der Waals surface area (Å²) in [5.41, 5.74) is 0. The van der Waals surface area contributed by atoms with Crippen molar-refractivity contribution in [2.45, 2.75) is 0 Å². The molecule has 0 atom stereocenters. The Labute approximate surface area is 96.2 Å². The van der Waals surface area contributed by atoms with Gasteiger partial charge in [0.2, 0.25) is 0 Å². The van der Waals surface area contributed by atoms with Gasteiger partial charge >= 0.3 is 42.3 Å². The van der Waals surface area contributed by atoms with E-state index in [0.717, 1.165) is 0 Å². The van der Waals surface area contributed by atoms with Crippen LogP contribution in [0.1, 0.15) is 0 Å². The van der Waals surface area contributed by atoms with E-state index in [0.29, 0.717) is 0 Å². The molecule has 9 N–H and O–H groups in total. The first-order valence-corrected chi connectivity index (χ1v) is 9.88. The fraction of sp³-hybridized carbons (Fsp3) is 0. The van der Waals surface area contributed by atoms with Crippen LogP contribution in [0.2, 0.25) is 0 Å².